The molecule has 0 radical (unpaired) electrons. The van der Waals surface area contributed by atoms with Gasteiger partial charge in [-0.3, -0.25) is 14.3 Å². The maximum atomic E-state index is 15.5. The third-order valence-corrected chi connectivity index (χ3v) is 8.56. The predicted molar refractivity (Wildman–Crippen MR) is 187 cm³/mol. The predicted octanol–water partition coefficient (Wildman–Crippen LogP) is 9.55. The van der Waals surface area contributed by atoms with Gasteiger partial charge in [-0.1, -0.05) is 83.9 Å². The third-order valence-electron chi connectivity index (χ3n) is 8.12. The van der Waals surface area contributed by atoms with E-state index in [0.29, 0.717) is 22.3 Å². The lowest BCUT2D eigenvalue weighted by atomic mass is 9.95. The van der Waals surface area contributed by atoms with Crippen LogP contribution in [0.1, 0.15) is 39.5 Å². The van der Waals surface area contributed by atoms with Crippen LogP contribution in [-0.2, 0) is 11.0 Å². The quantitative estimate of drug-likeness (QED) is 0.147. The number of alkyl halides is 3. The Balaban J connectivity index is 1.61. The van der Waals surface area contributed by atoms with Gasteiger partial charge in [-0.05, 0) is 70.4 Å². The van der Waals surface area contributed by atoms with Crippen LogP contribution in [0, 0.1) is 0 Å². The van der Waals surface area contributed by atoms with Gasteiger partial charge in [0.2, 0.25) is 0 Å². The molecule has 5 aromatic carbocycles. The SMILES string of the molecule is COc1ccc2cc(-c3c(C(F)(F)F)c(-c4cc(Cl)cc(Cl)c4)nn3C(c3ccccc3)c3ccc(C(=O)NCCC(=O)O)cc3)ccc2c1. The molecule has 1 heterocycles. The van der Waals surface area contributed by atoms with Crippen molar-refractivity contribution in [2.75, 3.05) is 13.7 Å². The first-order valence-electron chi connectivity index (χ1n) is 15.3. The van der Waals surface area contributed by atoms with E-state index >= 15 is 13.2 Å². The van der Waals surface area contributed by atoms with Gasteiger partial charge in [0.1, 0.15) is 23.0 Å². The van der Waals surface area contributed by atoms with Crippen molar-refractivity contribution >= 4 is 45.9 Å². The smallest absolute Gasteiger partial charge is 0.420 e. The van der Waals surface area contributed by atoms with Gasteiger partial charge in [0.05, 0.1) is 19.2 Å². The van der Waals surface area contributed by atoms with Gasteiger partial charge in [-0.2, -0.15) is 18.3 Å². The number of nitrogens with one attached hydrogen (secondary N) is 1. The van der Waals surface area contributed by atoms with E-state index in [4.69, 9.17) is 38.1 Å². The number of aliphatic carboxylic acids is 1. The van der Waals surface area contributed by atoms with Crippen molar-refractivity contribution in [1.82, 2.24) is 15.1 Å². The first-order chi connectivity index (χ1) is 23.9. The molecule has 7 nitrogen and oxygen atoms in total. The highest BCUT2D eigenvalue weighted by Crippen LogP contribution is 2.47. The summed E-state index contributed by atoms with van der Waals surface area (Å²) < 4.78 is 53.1. The summed E-state index contributed by atoms with van der Waals surface area (Å²) in [5.74, 6) is -0.930. The number of halogens is 5. The summed E-state index contributed by atoms with van der Waals surface area (Å²) in [7, 11) is 1.54. The van der Waals surface area contributed by atoms with Crippen molar-refractivity contribution in [2.45, 2.75) is 18.6 Å². The summed E-state index contributed by atoms with van der Waals surface area (Å²) in [6.45, 7) is -0.0613. The van der Waals surface area contributed by atoms with E-state index in [2.05, 4.69) is 5.32 Å². The van der Waals surface area contributed by atoms with Crippen molar-refractivity contribution in [3.8, 4) is 28.3 Å². The molecule has 50 heavy (non-hydrogen) atoms. The van der Waals surface area contributed by atoms with Crippen LogP contribution in [0.15, 0.2) is 109 Å². The van der Waals surface area contributed by atoms with Crippen LogP contribution in [0.2, 0.25) is 10.0 Å². The highest BCUT2D eigenvalue weighted by molar-refractivity contribution is 6.35. The van der Waals surface area contributed by atoms with Gasteiger partial charge in [-0.15, -0.1) is 0 Å². The number of ether oxygens (including phenoxy) is 1. The van der Waals surface area contributed by atoms with E-state index in [1.165, 1.54) is 42.1 Å². The average Bonchev–Trinajstić information content (AvgIpc) is 3.49. The lowest BCUT2D eigenvalue weighted by Crippen LogP contribution is -2.26. The fraction of sp³-hybridized carbons (Fsp3) is 0.132. The largest absolute Gasteiger partial charge is 0.497 e. The molecule has 1 aromatic heterocycles. The number of rotatable bonds is 10. The second-order valence-electron chi connectivity index (χ2n) is 11.4. The number of nitrogens with zero attached hydrogens (tertiary/aromatic N) is 2. The molecule has 0 saturated carbocycles. The molecule has 0 bridgehead atoms. The lowest BCUT2D eigenvalue weighted by molar-refractivity contribution is -0.137. The summed E-state index contributed by atoms with van der Waals surface area (Å²) in [4.78, 5) is 23.6. The number of amides is 1. The second-order valence-corrected chi connectivity index (χ2v) is 12.3. The number of methoxy groups -OCH3 is 1. The monoisotopic (exact) mass is 717 g/mol. The van der Waals surface area contributed by atoms with Crippen LogP contribution in [0.25, 0.3) is 33.3 Å². The Bertz CT molecular complexity index is 2180. The van der Waals surface area contributed by atoms with Crippen LogP contribution < -0.4 is 10.1 Å². The molecule has 12 heteroatoms. The normalized spacial score (nSPS) is 12.1. The number of carboxylic acid groups (broad SMARTS) is 1. The molecular weight excluding hydrogens is 690 g/mol. The van der Waals surface area contributed by atoms with Crippen LogP contribution in [0.3, 0.4) is 0 Å². The molecule has 0 aliphatic carbocycles. The summed E-state index contributed by atoms with van der Waals surface area (Å²) in [6.07, 6.45) is -5.11. The molecule has 0 aliphatic rings. The summed E-state index contributed by atoms with van der Waals surface area (Å²) >= 11 is 12.6. The van der Waals surface area contributed by atoms with Crippen LogP contribution in [0.5, 0.6) is 5.75 Å². The molecular formula is C38H28Cl2F3N3O4. The van der Waals surface area contributed by atoms with Crippen molar-refractivity contribution < 1.29 is 32.6 Å². The molecule has 1 atom stereocenters. The Labute approximate surface area is 294 Å². The Morgan fingerprint density at radius 3 is 2.12 bits per heavy atom. The molecule has 2 N–H and O–H groups in total. The molecule has 6 rings (SSSR count). The first-order valence-corrected chi connectivity index (χ1v) is 16.1. The summed E-state index contributed by atoms with van der Waals surface area (Å²) in [5.41, 5.74) is 0.244. The Hall–Kier alpha value is -5.32. The van der Waals surface area contributed by atoms with E-state index in [0.717, 1.165) is 5.39 Å². The van der Waals surface area contributed by atoms with Gasteiger partial charge in [0.15, 0.2) is 0 Å². The number of fused-ring (bicyclic) bond motifs is 1. The average molecular weight is 719 g/mol. The van der Waals surface area contributed by atoms with Crippen LogP contribution >= 0.6 is 23.2 Å². The third kappa shape index (κ3) is 7.31. The standard InChI is InChI=1S/C38H28Cl2F3N3O4/c1-50-31-14-13-25-17-27(12-11-26(25)20-31)36-33(38(41,42)43)34(28-18-29(39)21-30(40)19-28)45-46(36)35(22-5-3-2-4-6-22)23-7-9-24(10-8-23)37(49)44-16-15-32(47)48/h2-14,17-21,35H,15-16H2,1H3,(H,44,49)(H,47,48). The van der Waals surface area contributed by atoms with E-state index in [-0.39, 0.29) is 51.1 Å². The minimum Gasteiger partial charge on any atom is -0.497 e. The van der Waals surface area contributed by atoms with Gasteiger partial charge >= 0.3 is 12.1 Å². The highest BCUT2D eigenvalue weighted by Gasteiger charge is 2.42. The minimum absolute atomic E-state index is 0.0613. The Kier molecular flexibility index (Phi) is 9.86. The molecule has 0 fully saturated rings. The zero-order chi connectivity index (χ0) is 35.6. The summed E-state index contributed by atoms with van der Waals surface area (Å²) in [5, 5.41) is 17.9. The number of benzene rings is 5. The molecule has 254 valence electrons. The number of carboxylic acids is 1. The maximum Gasteiger partial charge on any atom is 0.420 e. The fourth-order valence-electron chi connectivity index (χ4n) is 5.87. The molecule has 1 unspecified atom stereocenters. The van der Waals surface area contributed by atoms with Crippen LogP contribution in [0.4, 0.5) is 13.2 Å². The first kappa shape index (κ1) is 34.5. The van der Waals surface area contributed by atoms with Gasteiger partial charge < -0.3 is 15.2 Å². The molecule has 6 aromatic rings. The van der Waals surface area contributed by atoms with E-state index in [1.54, 1.807) is 78.9 Å². The Morgan fingerprint density at radius 2 is 1.48 bits per heavy atom. The van der Waals surface area contributed by atoms with E-state index in [1.807, 2.05) is 0 Å². The molecule has 1 amide bonds. The van der Waals surface area contributed by atoms with Crippen LogP contribution in [-0.4, -0.2) is 40.4 Å². The van der Waals surface area contributed by atoms with Gasteiger partial charge in [0, 0.05) is 33.3 Å². The minimum atomic E-state index is -4.87. The van der Waals surface area contributed by atoms with Crippen molar-refractivity contribution in [3.05, 3.63) is 141 Å². The summed E-state index contributed by atoms with van der Waals surface area (Å²) in [6, 6.07) is 29.0. The van der Waals surface area contributed by atoms with E-state index < -0.39 is 29.7 Å². The molecule has 0 spiro atoms. The number of aromatic nitrogens is 2. The maximum absolute atomic E-state index is 15.5. The zero-order valence-electron chi connectivity index (χ0n) is 26.3. The second kappa shape index (κ2) is 14.3. The van der Waals surface area contributed by atoms with Crippen molar-refractivity contribution in [3.63, 3.8) is 0 Å². The number of carbonyl (C=O) groups is 2. The van der Waals surface area contributed by atoms with Gasteiger partial charge in [-0.25, -0.2) is 0 Å². The lowest BCUT2D eigenvalue weighted by Gasteiger charge is -2.23. The molecule has 0 aliphatic heterocycles. The number of hydrogen-bond acceptors (Lipinski definition) is 4. The van der Waals surface area contributed by atoms with Crippen molar-refractivity contribution in [1.29, 1.82) is 0 Å². The van der Waals surface area contributed by atoms with Crippen molar-refractivity contribution in [2.24, 2.45) is 0 Å². The Morgan fingerprint density at radius 1 is 0.840 bits per heavy atom. The zero-order valence-corrected chi connectivity index (χ0v) is 27.9. The number of carbonyl (C=O) groups excluding carboxylic acids is 1. The number of hydrogen-bond donors (Lipinski definition) is 2. The van der Waals surface area contributed by atoms with Gasteiger partial charge in [0.25, 0.3) is 5.91 Å². The van der Waals surface area contributed by atoms with E-state index in [9.17, 15) is 9.59 Å². The molecule has 0 saturated heterocycles. The fourth-order valence-corrected chi connectivity index (χ4v) is 6.40. The highest BCUT2D eigenvalue weighted by atomic mass is 35.5. The topological polar surface area (TPSA) is 93.5 Å².